The van der Waals surface area contributed by atoms with Crippen LogP contribution in [0.5, 0.6) is 0 Å². The Bertz CT molecular complexity index is 809. The van der Waals surface area contributed by atoms with Gasteiger partial charge < -0.3 is 4.57 Å². The summed E-state index contributed by atoms with van der Waals surface area (Å²) in [4.78, 5) is 6.08. The minimum absolute atomic E-state index is 0. The van der Waals surface area contributed by atoms with Gasteiger partial charge in [0.1, 0.15) is 0 Å². The van der Waals surface area contributed by atoms with Gasteiger partial charge in [-0.15, -0.1) is 28.3 Å². The van der Waals surface area contributed by atoms with Gasteiger partial charge in [0.2, 0.25) is 0 Å². The van der Waals surface area contributed by atoms with Crippen LogP contribution in [-0.2, 0) is 12.0 Å². The van der Waals surface area contributed by atoms with Gasteiger partial charge in [0, 0.05) is 29.6 Å². The molecule has 2 aromatic rings. The largest absolute Gasteiger partial charge is 0.320 e. The summed E-state index contributed by atoms with van der Waals surface area (Å²) in [5.74, 6) is 0. The molecule has 1 aliphatic carbocycles. The van der Waals surface area contributed by atoms with Gasteiger partial charge in [-0.05, 0) is 43.4 Å². The first kappa shape index (κ1) is 23.0. The highest BCUT2D eigenvalue weighted by atomic mass is 79.9. The van der Waals surface area contributed by atoms with Crippen molar-refractivity contribution in [2.24, 2.45) is 4.99 Å². The first-order valence-electron chi connectivity index (χ1n) is 9.77. The molecule has 0 bridgehead atoms. The number of nitrogens with zero attached hydrogens (tertiary/aromatic N) is 2. The Kier molecular flexibility index (Phi) is 8.92. The van der Waals surface area contributed by atoms with Crippen LogP contribution in [0.25, 0.3) is 0 Å². The maximum atomic E-state index is 6.35. The third kappa shape index (κ3) is 4.83. The normalized spacial score (nSPS) is 16.1. The summed E-state index contributed by atoms with van der Waals surface area (Å²) in [5.41, 5.74) is 2.77. The van der Waals surface area contributed by atoms with Crippen LogP contribution >= 0.6 is 51.5 Å². The lowest BCUT2D eigenvalue weighted by atomic mass is 9.62. The van der Waals surface area contributed by atoms with Crippen LogP contribution < -0.4 is 4.80 Å². The molecule has 0 radical (unpaired) electrons. The minimum atomic E-state index is 0. The summed E-state index contributed by atoms with van der Waals surface area (Å²) in [6, 6.07) is 6.16. The third-order valence-corrected chi connectivity index (χ3v) is 7.10. The lowest BCUT2D eigenvalue weighted by Crippen LogP contribution is -2.39. The molecular formula is C21H29BrCl2N2S. The number of hydrogen-bond acceptors (Lipinski definition) is 2. The fraction of sp³-hybridized carbons (Fsp3) is 0.571. The van der Waals surface area contributed by atoms with Gasteiger partial charge in [0.15, 0.2) is 4.80 Å². The van der Waals surface area contributed by atoms with E-state index < -0.39 is 0 Å². The molecule has 27 heavy (non-hydrogen) atoms. The van der Waals surface area contributed by atoms with Crippen LogP contribution in [0.15, 0.2) is 28.6 Å². The molecule has 3 rings (SSSR count). The van der Waals surface area contributed by atoms with E-state index in [9.17, 15) is 0 Å². The van der Waals surface area contributed by atoms with Gasteiger partial charge >= 0.3 is 0 Å². The second-order valence-corrected chi connectivity index (χ2v) is 8.86. The first-order chi connectivity index (χ1) is 12.6. The molecule has 6 heteroatoms. The van der Waals surface area contributed by atoms with E-state index in [2.05, 4.69) is 35.9 Å². The lowest BCUT2D eigenvalue weighted by Gasteiger charge is -2.43. The molecule has 1 aromatic heterocycles. The van der Waals surface area contributed by atoms with Crippen molar-refractivity contribution in [2.45, 2.75) is 70.8 Å². The van der Waals surface area contributed by atoms with E-state index in [1.807, 2.05) is 6.07 Å². The van der Waals surface area contributed by atoms with Crippen molar-refractivity contribution in [3.8, 4) is 0 Å². The minimum Gasteiger partial charge on any atom is -0.320 e. The van der Waals surface area contributed by atoms with Gasteiger partial charge in [0.25, 0.3) is 0 Å². The van der Waals surface area contributed by atoms with Gasteiger partial charge in [-0.2, -0.15) is 0 Å². The molecule has 1 heterocycles. The SMILES string of the molecule is Br.CCCCN=c1scc(C2(c3ccc(Cl)c(Cl)c3)CCC2)n1CCCC. The molecule has 0 unspecified atom stereocenters. The van der Waals surface area contributed by atoms with Crippen molar-refractivity contribution in [3.63, 3.8) is 0 Å². The molecule has 1 aromatic carbocycles. The predicted molar refractivity (Wildman–Crippen MR) is 124 cm³/mol. The number of thiazole rings is 1. The average Bonchev–Trinajstić information content (AvgIpc) is 2.98. The summed E-state index contributed by atoms with van der Waals surface area (Å²) >= 11 is 14.3. The Morgan fingerprint density at radius 3 is 2.44 bits per heavy atom. The van der Waals surface area contributed by atoms with Crippen molar-refractivity contribution in [1.29, 1.82) is 0 Å². The van der Waals surface area contributed by atoms with Crippen LogP contribution in [0.2, 0.25) is 10.0 Å². The molecule has 0 aliphatic heterocycles. The zero-order valence-corrected chi connectivity index (χ0v) is 20.2. The maximum Gasteiger partial charge on any atom is 0.184 e. The Hall–Kier alpha value is -0.290. The number of halogens is 3. The topological polar surface area (TPSA) is 17.3 Å². The second kappa shape index (κ2) is 10.5. The second-order valence-electron chi connectivity index (χ2n) is 7.21. The Balaban J connectivity index is 0.00000261. The zero-order chi connectivity index (χ0) is 18.6. The standard InChI is InChI=1S/C21H28Cl2N2S.BrH/c1-3-5-12-24-20-25(13-6-4-2)19(15-26-20)21(10-7-11-21)16-8-9-17(22)18(23)14-16;/h8-9,14-15H,3-7,10-13H2,1-2H3;1H. The Morgan fingerprint density at radius 2 is 1.85 bits per heavy atom. The molecule has 1 saturated carbocycles. The highest BCUT2D eigenvalue weighted by molar-refractivity contribution is 8.93. The van der Waals surface area contributed by atoms with Gasteiger partial charge in [-0.3, -0.25) is 4.99 Å². The summed E-state index contributed by atoms with van der Waals surface area (Å²) in [6.07, 6.45) is 8.30. The quantitative estimate of drug-likeness (QED) is 0.342. The third-order valence-electron chi connectivity index (χ3n) is 5.46. The molecule has 0 saturated heterocycles. The number of hydrogen-bond donors (Lipinski definition) is 0. The highest BCUT2D eigenvalue weighted by Gasteiger charge is 2.43. The van der Waals surface area contributed by atoms with Crippen molar-refractivity contribution in [1.82, 2.24) is 4.57 Å². The van der Waals surface area contributed by atoms with E-state index in [1.165, 1.54) is 54.6 Å². The fourth-order valence-electron chi connectivity index (χ4n) is 3.71. The van der Waals surface area contributed by atoms with Crippen LogP contribution in [0, 0.1) is 0 Å². The molecule has 1 fully saturated rings. The van der Waals surface area contributed by atoms with Crippen LogP contribution in [0.1, 0.15) is 70.1 Å². The molecule has 0 amide bonds. The van der Waals surface area contributed by atoms with Crippen LogP contribution in [0.3, 0.4) is 0 Å². The van der Waals surface area contributed by atoms with Crippen molar-refractivity contribution < 1.29 is 0 Å². The van der Waals surface area contributed by atoms with E-state index in [4.69, 9.17) is 28.2 Å². The number of rotatable bonds is 8. The van der Waals surface area contributed by atoms with Gasteiger partial charge in [0.05, 0.1) is 10.0 Å². The van der Waals surface area contributed by atoms with Crippen molar-refractivity contribution in [2.75, 3.05) is 6.54 Å². The van der Waals surface area contributed by atoms with E-state index in [1.54, 1.807) is 11.3 Å². The van der Waals surface area contributed by atoms with Gasteiger partial charge in [-0.1, -0.05) is 62.4 Å². The van der Waals surface area contributed by atoms with Crippen molar-refractivity contribution in [3.05, 3.63) is 49.7 Å². The first-order valence-corrected chi connectivity index (χ1v) is 11.4. The number of unbranched alkanes of at least 4 members (excludes halogenated alkanes) is 2. The molecule has 0 atom stereocenters. The summed E-state index contributed by atoms with van der Waals surface area (Å²) in [6.45, 7) is 6.43. The lowest BCUT2D eigenvalue weighted by molar-refractivity contribution is 0.281. The van der Waals surface area contributed by atoms with Crippen LogP contribution in [-0.4, -0.2) is 11.1 Å². The smallest absolute Gasteiger partial charge is 0.184 e. The van der Waals surface area contributed by atoms with Crippen molar-refractivity contribution >= 4 is 51.5 Å². The van der Waals surface area contributed by atoms with E-state index >= 15 is 0 Å². The van der Waals surface area contributed by atoms with E-state index in [-0.39, 0.29) is 22.4 Å². The Morgan fingerprint density at radius 1 is 1.11 bits per heavy atom. The molecular weight excluding hydrogens is 463 g/mol. The molecule has 0 N–H and O–H groups in total. The van der Waals surface area contributed by atoms with E-state index in [0.29, 0.717) is 10.0 Å². The van der Waals surface area contributed by atoms with Gasteiger partial charge in [-0.25, -0.2) is 0 Å². The monoisotopic (exact) mass is 490 g/mol. The molecule has 2 nitrogen and oxygen atoms in total. The maximum absolute atomic E-state index is 6.35. The average molecular weight is 492 g/mol. The summed E-state index contributed by atoms with van der Waals surface area (Å²) < 4.78 is 2.48. The molecule has 1 aliphatic rings. The van der Waals surface area contributed by atoms with Crippen LogP contribution in [0.4, 0.5) is 0 Å². The number of benzene rings is 1. The summed E-state index contributed by atoms with van der Waals surface area (Å²) in [7, 11) is 0. The predicted octanol–water partition coefficient (Wildman–Crippen LogP) is 7.41. The molecule has 0 spiro atoms. The highest BCUT2D eigenvalue weighted by Crippen LogP contribution is 2.50. The number of aromatic nitrogens is 1. The molecule has 150 valence electrons. The Labute approximate surface area is 187 Å². The zero-order valence-electron chi connectivity index (χ0n) is 16.1. The fourth-order valence-corrected chi connectivity index (χ4v) is 5.07. The van der Waals surface area contributed by atoms with E-state index in [0.717, 1.165) is 19.5 Å². The summed E-state index contributed by atoms with van der Waals surface area (Å²) in [5, 5.41) is 3.62.